The van der Waals surface area contributed by atoms with Crippen LogP contribution in [0, 0.1) is 10.1 Å². The zero-order valence-electron chi connectivity index (χ0n) is 18.0. The molecule has 0 spiro atoms. The molecule has 1 aliphatic heterocycles. The molecule has 0 saturated carbocycles. The highest BCUT2D eigenvalue weighted by Crippen LogP contribution is 2.30. The summed E-state index contributed by atoms with van der Waals surface area (Å²) >= 11 is 5.24. The Balaban J connectivity index is 1.60. The van der Waals surface area contributed by atoms with Crippen molar-refractivity contribution < 1.29 is 19.2 Å². The molecule has 2 amide bonds. The summed E-state index contributed by atoms with van der Waals surface area (Å²) in [6, 6.07) is 22.1. The van der Waals surface area contributed by atoms with E-state index in [9.17, 15) is 19.7 Å². The van der Waals surface area contributed by atoms with Crippen molar-refractivity contribution in [2.24, 2.45) is 0 Å². The van der Waals surface area contributed by atoms with Gasteiger partial charge < -0.3 is 4.74 Å². The molecular formula is C25H19N3O5S. The molecule has 1 saturated heterocycles. The number of hydrogen-bond donors (Lipinski definition) is 1. The van der Waals surface area contributed by atoms with Crippen LogP contribution < -0.4 is 15.0 Å². The van der Waals surface area contributed by atoms with E-state index < -0.39 is 22.7 Å². The van der Waals surface area contributed by atoms with Crippen molar-refractivity contribution in [3.63, 3.8) is 0 Å². The van der Waals surface area contributed by atoms with Gasteiger partial charge in [-0.3, -0.25) is 29.9 Å². The first kappa shape index (κ1) is 22.8. The van der Waals surface area contributed by atoms with Crippen LogP contribution in [0.4, 0.5) is 11.4 Å². The molecule has 1 fully saturated rings. The normalized spacial score (nSPS) is 15.7. The van der Waals surface area contributed by atoms with E-state index in [4.69, 9.17) is 17.0 Å². The van der Waals surface area contributed by atoms with Gasteiger partial charge in [-0.1, -0.05) is 49.4 Å². The molecule has 9 heteroatoms. The molecule has 170 valence electrons. The van der Waals surface area contributed by atoms with E-state index in [-0.39, 0.29) is 16.4 Å². The van der Waals surface area contributed by atoms with E-state index >= 15 is 0 Å². The largest absolute Gasteiger partial charge is 0.457 e. The third kappa shape index (κ3) is 4.69. The summed E-state index contributed by atoms with van der Waals surface area (Å²) in [7, 11) is 0. The molecule has 3 aromatic carbocycles. The highest BCUT2D eigenvalue weighted by atomic mass is 32.1. The van der Waals surface area contributed by atoms with Gasteiger partial charge in [-0.25, -0.2) is 0 Å². The lowest BCUT2D eigenvalue weighted by Gasteiger charge is -2.29. The van der Waals surface area contributed by atoms with E-state index in [2.05, 4.69) is 5.32 Å². The van der Waals surface area contributed by atoms with Gasteiger partial charge in [0.15, 0.2) is 5.11 Å². The maximum Gasteiger partial charge on any atom is 0.273 e. The predicted octanol–water partition coefficient (Wildman–Crippen LogP) is 4.86. The average Bonchev–Trinajstić information content (AvgIpc) is 2.83. The molecule has 8 nitrogen and oxygen atoms in total. The Morgan fingerprint density at radius 2 is 1.59 bits per heavy atom. The molecule has 1 unspecified atom stereocenters. The smallest absolute Gasteiger partial charge is 0.273 e. The lowest BCUT2D eigenvalue weighted by Crippen LogP contribution is -2.54. The monoisotopic (exact) mass is 473 g/mol. The van der Waals surface area contributed by atoms with Gasteiger partial charge in [0.2, 0.25) is 0 Å². The molecular weight excluding hydrogens is 454 g/mol. The second-order valence-corrected chi connectivity index (χ2v) is 7.88. The van der Waals surface area contributed by atoms with Crippen LogP contribution in [0.5, 0.6) is 11.5 Å². The Morgan fingerprint density at radius 3 is 2.26 bits per heavy atom. The van der Waals surface area contributed by atoms with Crippen molar-refractivity contribution in [1.82, 2.24) is 5.32 Å². The highest BCUT2D eigenvalue weighted by Gasteiger charge is 2.35. The van der Waals surface area contributed by atoms with E-state index in [1.54, 1.807) is 49.4 Å². The van der Waals surface area contributed by atoms with Crippen LogP contribution in [0.1, 0.15) is 18.4 Å². The molecule has 0 aliphatic carbocycles. The molecule has 3 aromatic rings. The number of nitro groups is 1. The minimum Gasteiger partial charge on any atom is -0.457 e. The molecule has 0 aromatic heterocycles. The topological polar surface area (TPSA) is 102 Å². The molecule has 1 atom stereocenters. The maximum atomic E-state index is 13.3. The summed E-state index contributed by atoms with van der Waals surface area (Å²) in [4.78, 5) is 37.9. The number of anilines is 1. The number of carbonyl (C=O) groups is 2. The zero-order valence-corrected chi connectivity index (χ0v) is 18.8. The van der Waals surface area contributed by atoms with Crippen LogP contribution in [0.2, 0.25) is 0 Å². The van der Waals surface area contributed by atoms with Crippen LogP contribution in [-0.4, -0.2) is 21.9 Å². The summed E-state index contributed by atoms with van der Waals surface area (Å²) in [5, 5.41) is 13.8. The molecule has 4 rings (SSSR count). The third-order valence-electron chi connectivity index (χ3n) is 5.22. The van der Waals surface area contributed by atoms with Crippen molar-refractivity contribution in [2.45, 2.75) is 12.8 Å². The number of nitro benzene ring substituents is 1. The summed E-state index contributed by atoms with van der Waals surface area (Å²) in [6.45, 7) is 1.68. The molecule has 1 aliphatic rings. The lowest BCUT2D eigenvalue weighted by atomic mass is 9.95. The van der Waals surface area contributed by atoms with Crippen LogP contribution >= 0.6 is 12.2 Å². The molecule has 0 bridgehead atoms. The number of hydrogen-bond acceptors (Lipinski definition) is 6. The number of amides is 2. The van der Waals surface area contributed by atoms with Gasteiger partial charge >= 0.3 is 0 Å². The Bertz CT molecular complexity index is 1310. The van der Waals surface area contributed by atoms with Gasteiger partial charge in [0.25, 0.3) is 17.5 Å². The van der Waals surface area contributed by atoms with Crippen LogP contribution in [-0.2, 0) is 9.59 Å². The lowest BCUT2D eigenvalue weighted by molar-refractivity contribution is -0.385. The Kier molecular flexibility index (Phi) is 6.46. The van der Waals surface area contributed by atoms with E-state index in [0.29, 0.717) is 22.7 Å². The Morgan fingerprint density at radius 1 is 0.971 bits per heavy atom. The second kappa shape index (κ2) is 9.63. The van der Waals surface area contributed by atoms with Crippen molar-refractivity contribution >= 4 is 40.5 Å². The average molecular weight is 474 g/mol. The fourth-order valence-corrected chi connectivity index (χ4v) is 3.86. The summed E-state index contributed by atoms with van der Waals surface area (Å²) in [6.07, 6.45) is 1.42. The summed E-state index contributed by atoms with van der Waals surface area (Å²) in [5.74, 6) is -0.602. The van der Waals surface area contributed by atoms with Gasteiger partial charge in [0.05, 0.1) is 10.6 Å². The number of carbonyl (C=O) groups excluding carboxylic acids is 2. The zero-order chi connectivity index (χ0) is 24.2. The molecule has 34 heavy (non-hydrogen) atoms. The third-order valence-corrected chi connectivity index (χ3v) is 5.50. The van der Waals surface area contributed by atoms with Gasteiger partial charge in [-0.2, -0.15) is 0 Å². The standard InChI is InChI=1S/C25H19N3O5S/c1-16(20-9-5-6-10-22(20)28(31)32)15-21-23(29)26-25(34)27(24(21)30)17-11-13-19(14-12-17)33-18-7-3-2-4-8-18/h2-16H,1H3,(H,26,29,34)/b21-15-. The number of rotatable bonds is 6. The quantitative estimate of drug-likeness (QED) is 0.180. The number of nitrogens with one attached hydrogen (secondary N) is 1. The number of thiocarbonyl (C=S) groups is 1. The molecule has 0 radical (unpaired) electrons. The summed E-state index contributed by atoms with van der Waals surface area (Å²) < 4.78 is 5.77. The Labute approximate surface area is 200 Å². The minimum absolute atomic E-state index is 0.0535. The number of nitrogens with zero attached hydrogens (tertiary/aromatic N) is 2. The number of para-hydroxylation sites is 2. The second-order valence-electron chi connectivity index (χ2n) is 7.49. The fraction of sp³-hybridized carbons (Fsp3) is 0.0800. The molecule has 1 N–H and O–H groups in total. The first-order valence-electron chi connectivity index (χ1n) is 10.3. The van der Waals surface area contributed by atoms with Crippen LogP contribution in [0.3, 0.4) is 0 Å². The van der Waals surface area contributed by atoms with Crippen molar-refractivity contribution in [3.05, 3.63) is 106 Å². The van der Waals surface area contributed by atoms with E-state index in [1.807, 2.05) is 30.3 Å². The fourth-order valence-electron chi connectivity index (χ4n) is 3.58. The van der Waals surface area contributed by atoms with E-state index in [1.165, 1.54) is 17.0 Å². The number of benzene rings is 3. The van der Waals surface area contributed by atoms with Crippen molar-refractivity contribution in [1.29, 1.82) is 0 Å². The van der Waals surface area contributed by atoms with Crippen molar-refractivity contribution in [3.8, 4) is 11.5 Å². The SMILES string of the molecule is CC(/C=C1/C(=O)NC(=S)N(c2ccc(Oc3ccccc3)cc2)C1=O)c1ccccc1[N+](=O)[O-]. The van der Waals surface area contributed by atoms with Gasteiger partial charge in [0, 0.05) is 17.5 Å². The van der Waals surface area contributed by atoms with Crippen LogP contribution in [0.15, 0.2) is 90.5 Å². The first-order chi connectivity index (χ1) is 16.3. The maximum absolute atomic E-state index is 13.3. The van der Waals surface area contributed by atoms with Gasteiger partial charge in [0.1, 0.15) is 17.1 Å². The van der Waals surface area contributed by atoms with Gasteiger partial charge in [-0.05, 0) is 48.6 Å². The van der Waals surface area contributed by atoms with E-state index in [0.717, 1.165) is 0 Å². The highest BCUT2D eigenvalue weighted by molar-refractivity contribution is 7.80. The van der Waals surface area contributed by atoms with Crippen LogP contribution in [0.25, 0.3) is 0 Å². The number of allylic oxidation sites excluding steroid dienone is 1. The van der Waals surface area contributed by atoms with Gasteiger partial charge in [-0.15, -0.1) is 0 Å². The number of ether oxygens (including phenoxy) is 1. The minimum atomic E-state index is -0.652. The first-order valence-corrected chi connectivity index (χ1v) is 10.7. The summed E-state index contributed by atoms with van der Waals surface area (Å²) in [5.41, 5.74) is 0.600. The predicted molar refractivity (Wildman–Crippen MR) is 131 cm³/mol. The Hall–Kier alpha value is -4.37. The molecule has 1 heterocycles. The van der Waals surface area contributed by atoms with Crippen molar-refractivity contribution in [2.75, 3.05) is 4.90 Å².